The van der Waals surface area contributed by atoms with E-state index in [1.54, 1.807) is 6.07 Å². The zero-order valence-corrected chi connectivity index (χ0v) is 10.0. The number of thioether (sulfide) groups is 1. The van der Waals surface area contributed by atoms with Crippen LogP contribution >= 0.6 is 11.8 Å². The summed E-state index contributed by atoms with van der Waals surface area (Å²) in [5.74, 6) is 0.922. The van der Waals surface area contributed by atoms with Gasteiger partial charge in [-0.2, -0.15) is 11.8 Å². The second-order valence-corrected chi connectivity index (χ2v) is 5.65. The zero-order chi connectivity index (χ0) is 11.4. The van der Waals surface area contributed by atoms with Crippen molar-refractivity contribution < 1.29 is 9.50 Å². The van der Waals surface area contributed by atoms with Gasteiger partial charge in [0.2, 0.25) is 0 Å². The smallest absolute Gasteiger partial charge is 0.123 e. The summed E-state index contributed by atoms with van der Waals surface area (Å²) in [6.07, 6.45) is 3.77. The molecule has 0 spiro atoms. The lowest BCUT2D eigenvalue weighted by molar-refractivity contribution is 0.166. The van der Waals surface area contributed by atoms with E-state index in [1.807, 2.05) is 17.8 Å². The zero-order valence-electron chi connectivity index (χ0n) is 9.23. The molecule has 1 aliphatic heterocycles. The molecule has 2 unspecified atom stereocenters. The average Bonchev–Trinajstić information content (AvgIpc) is 2.30. The Morgan fingerprint density at radius 1 is 1.44 bits per heavy atom. The van der Waals surface area contributed by atoms with Gasteiger partial charge in [-0.25, -0.2) is 4.39 Å². The molecule has 0 aromatic heterocycles. The molecule has 1 aromatic carbocycles. The summed E-state index contributed by atoms with van der Waals surface area (Å²) in [6, 6.07) is 6.52. The Hall–Kier alpha value is -0.540. The Morgan fingerprint density at radius 3 is 3.00 bits per heavy atom. The molecule has 3 heteroatoms. The van der Waals surface area contributed by atoms with E-state index in [-0.39, 0.29) is 11.9 Å². The van der Waals surface area contributed by atoms with Crippen LogP contribution in [-0.4, -0.2) is 22.2 Å². The van der Waals surface area contributed by atoms with E-state index < -0.39 is 0 Å². The molecule has 1 aliphatic rings. The predicted octanol–water partition coefficient (Wildman–Crippen LogP) is 3.01. The fraction of sp³-hybridized carbons (Fsp3) is 0.538. The minimum atomic E-state index is -0.341. The lowest BCUT2D eigenvalue weighted by Gasteiger charge is -2.26. The maximum atomic E-state index is 13.0. The minimum absolute atomic E-state index is 0.221. The van der Waals surface area contributed by atoms with Crippen molar-refractivity contribution >= 4 is 11.8 Å². The quantitative estimate of drug-likeness (QED) is 0.876. The Kier molecular flexibility index (Phi) is 4.24. The van der Waals surface area contributed by atoms with Crippen molar-refractivity contribution in [1.82, 2.24) is 0 Å². The number of halogens is 1. The molecule has 2 atom stereocenters. The molecule has 0 radical (unpaired) electrons. The molecule has 88 valence electrons. The van der Waals surface area contributed by atoms with E-state index in [2.05, 4.69) is 0 Å². The van der Waals surface area contributed by atoms with Crippen LogP contribution in [0, 0.1) is 5.82 Å². The molecule has 1 N–H and O–H groups in total. The van der Waals surface area contributed by atoms with Crippen LogP contribution in [0.25, 0.3) is 0 Å². The summed E-state index contributed by atoms with van der Waals surface area (Å²) >= 11 is 1.85. The van der Waals surface area contributed by atoms with Crippen LogP contribution in [-0.2, 0) is 6.42 Å². The van der Waals surface area contributed by atoms with E-state index in [9.17, 15) is 9.50 Å². The first-order valence-electron chi connectivity index (χ1n) is 5.80. The van der Waals surface area contributed by atoms with E-state index in [0.717, 1.165) is 17.7 Å². The van der Waals surface area contributed by atoms with Gasteiger partial charge in [0.05, 0.1) is 6.10 Å². The van der Waals surface area contributed by atoms with Crippen LogP contribution in [0.2, 0.25) is 0 Å². The Morgan fingerprint density at radius 2 is 2.31 bits per heavy atom. The largest absolute Gasteiger partial charge is 0.392 e. The van der Waals surface area contributed by atoms with Crippen LogP contribution < -0.4 is 0 Å². The van der Waals surface area contributed by atoms with Gasteiger partial charge in [-0.3, -0.25) is 0 Å². The highest BCUT2D eigenvalue weighted by atomic mass is 32.2. The van der Waals surface area contributed by atoms with Crippen molar-refractivity contribution in [2.75, 3.05) is 5.75 Å². The normalized spacial score (nSPS) is 23.0. The molecule has 0 saturated carbocycles. The van der Waals surface area contributed by atoms with Crippen LogP contribution in [0.1, 0.15) is 24.8 Å². The van der Waals surface area contributed by atoms with Crippen molar-refractivity contribution in [2.45, 2.75) is 37.0 Å². The van der Waals surface area contributed by atoms with Gasteiger partial charge in [0.25, 0.3) is 0 Å². The molecule has 1 heterocycles. The summed E-state index contributed by atoms with van der Waals surface area (Å²) in [6.45, 7) is 0. The summed E-state index contributed by atoms with van der Waals surface area (Å²) in [4.78, 5) is 0. The van der Waals surface area contributed by atoms with E-state index >= 15 is 0 Å². The molecular formula is C13H17FOS. The number of aliphatic hydroxyl groups excluding tert-OH is 1. The lowest BCUT2D eigenvalue weighted by Crippen LogP contribution is -2.27. The van der Waals surface area contributed by atoms with Gasteiger partial charge in [0, 0.05) is 5.25 Å². The second-order valence-electron chi connectivity index (χ2n) is 4.31. The van der Waals surface area contributed by atoms with Crippen LogP contribution in [0.5, 0.6) is 0 Å². The number of hydrogen-bond acceptors (Lipinski definition) is 2. The van der Waals surface area contributed by atoms with Crippen molar-refractivity contribution in [2.24, 2.45) is 0 Å². The van der Waals surface area contributed by atoms with E-state index in [4.69, 9.17) is 0 Å². The topological polar surface area (TPSA) is 20.2 Å². The molecule has 0 amide bonds. The van der Waals surface area contributed by atoms with Gasteiger partial charge in [0.1, 0.15) is 5.82 Å². The first kappa shape index (κ1) is 11.9. The Labute approximate surface area is 100 Å². The monoisotopic (exact) mass is 240 g/mol. The molecule has 0 bridgehead atoms. The first-order valence-corrected chi connectivity index (χ1v) is 6.85. The van der Waals surface area contributed by atoms with Gasteiger partial charge < -0.3 is 5.11 Å². The molecule has 1 saturated heterocycles. The Bertz CT molecular complexity index is 336. The summed E-state index contributed by atoms with van der Waals surface area (Å²) in [5.41, 5.74) is 0.888. The molecule has 1 aromatic rings. The van der Waals surface area contributed by atoms with Crippen LogP contribution in [0.15, 0.2) is 24.3 Å². The maximum absolute atomic E-state index is 13.0. The second kappa shape index (κ2) is 5.69. The number of rotatable bonds is 3. The molecule has 1 nitrogen and oxygen atoms in total. The van der Waals surface area contributed by atoms with Crippen molar-refractivity contribution in [3.05, 3.63) is 35.6 Å². The highest BCUT2D eigenvalue weighted by molar-refractivity contribution is 8.00. The lowest BCUT2D eigenvalue weighted by atomic mass is 10.0. The molecule has 2 rings (SSSR count). The van der Waals surface area contributed by atoms with Crippen molar-refractivity contribution in [1.29, 1.82) is 0 Å². The average molecular weight is 240 g/mol. The van der Waals surface area contributed by atoms with Crippen LogP contribution in [0.4, 0.5) is 4.39 Å². The van der Waals surface area contributed by atoms with Crippen molar-refractivity contribution in [3.63, 3.8) is 0 Å². The summed E-state index contributed by atoms with van der Waals surface area (Å²) < 4.78 is 13.0. The highest BCUT2D eigenvalue weighted by Crippen LogP contribution is 2.28. The molecular weight excluding hydrogens is 223 g/mol. The summed E-state index contributed by atoms with van der Waals surface area (Å²) in [5, 5.41) is 10.4. The maximum Gasteiger partial charge on any atom is 0.123 e. The fourth-order valence-corrected chi connectivity index (χ4v) is 3.43. The summed E-state index contributed by atoms with van der Waals surface area (Å²) in [7, 11) is 0. The minimum Gasteiger partial charge on any atom is -0.392 e. The highest BCUT2D eigenvalue weighted by Gasteiger charge is 2.22. The van der Waals surface area contributed by atoms with Crippen molar-refractivity contribution in [3.8, 4) is 0 Å². The van der Waals surface area contributed by atoms with Gasteiger partial charge in [-0.15, -0.1) is 0 Å². The third-order valence-electron chi connectivity index (χ3n) is 2.98. The number of hydrogen-bond donors (Lipinski definition) is 1. The van der Waals surface area contributed by atoms with Gasteiger partial charge in [-0.1, -0.05) is 18.6 Å². The third-order valence-corrected chi connectivity index (χ3v) is 4.48. The van der Waals surface area contributed by atoms with Gasteiger partial charge >= 0.3 is 0 Å². The van der Waals surface area contributed by atoms with E-state index in [0.29, 0.717) is 11.7 Å². The Balaban J connectivity index is 1.93. The SMILES string of the molecule is OC(Cc1cccc(F)c1)C1CCCCS1. The van der Waals surface area contributed by atoms with E-state index in [1.165, 1.54) is 25.0 Å². The molecule has 0 aliphatic carbocycles. The van der Waals surface area contributed by atoms with Crippen LogP contribution in [0.3, 0.4) is 0 Å². The number of aliphatic hydroxyl groups is 1. The van der Waals surface area contributed by atoms with Gasteiger partial charge in [0.15, 0.2) is 0 Å². The molecule has 16 heavy (non-hydrogen) atoms. The number of benzene rings is 1. The predicted molar refractivity (Wildman–Crippen MR) is 66.2 cm³/mol. The third kappa shape index (κ3) is 3.22. The van der Waals surface area contributed by atoms with Gasteiger partial charge in [-0.05, 0) is 42.7 Å². The standard InChI is InChI=1S/C13H17FOS/c14-11-5-3-4-10(8-11)9-12(15)13-6-1-2-7-16-13/h3-5,8,12-13,15H,1-2,6-7,9H2. The fourth-order valence-electron chi connectivity index (χ4n) is 2.11. The molecule has 1 fully saturated rings. The first-order chi connectivity index (χ1) is 7.75.